The second kappa shape index (κ2) is 8.79. The van der Waals surface area contributed by atoms with Crippen molar-refractivity contribution in [1.82, 2.24) is 23.8 Å². The Morgan fingerprint density at radius 1 is 1.25 bits per heavy atom. The van der Waals surface area contributed by atoms with Gasteiger partial charge in [-0.15, -0.1) is 0 Å². The molecule has 0 radical (unpaired) electrons. The van der Waals surface area contributed by atoms with Gasteiger partial charge in [0, 0.05) is 36.8 Å². The van der Waals surface area contributed by atoms with Gasteiger partial charge in [0.05, 0.1) is 16.8 Å². The number of carbonyl (C=O) groups is 1. The molecule has 0 bridgehead atoms. The van der Waals surface area contributed by atoms with Crippen LogP contribution in [0.5, 0.6) is 0 Å². The molecule has 0 atom stereocenters. The number of carbonyl (C=O) groups excluding carboxylic acids is 1. The maximum atomic E-state index is 13.2. The van der Waals surface area contributed by atoms with Gasteiger partial charge in [-0.25, -0.2) is 4.72 Å². The van der Waals surface area contributed by atoms with E-state index >= 15 is 0 Å². The predicted octanol–water partition coefficient (Wildman–Crippen LogP) is 3.07. The summed E-state index contributed by atoms with van der Waals surface area (Å²) in [7, 11) is -2.36. The molecule has 8 nitrogen and oxygen atoms in total. The molecule has 2 N–H and O–H groups in total. The average Bonchev–Trinajstić information content (AvgIpc) is 3.22. The number of aromatic nitrogens is 3. The van der Waals surface area contributed by atoms with Gasteiger partial charge in [0.25, 0.3) is 5.91 Å². The molecule has 0 unspecified atom stereocenters. The normalized spacial score (nSPS) is 12.7. The molecule has 172 valence electrons. The van der Waals surface area contributed by atoms with E-state index in [1.807, 2.05) is 4.72 Å². The zero-order valence-electron chi connectivity index (χ0n) is 17.6. The van der Waals surface area contributed by atoms with Crippen LogP contribution in [-0.4, -0.2) is 35.2 Å². The summed E-state index contributed by atoms with van der Waals surface area (Å²) in [6.45, 7) is 3.63. The molecule has 0 aliphatic rings. The van der Waals surface area contributed by atoms with Gasteiger partial charge in [-0.1, -0.05) is 13.0 Å². The number of aryl methyl sites for hydroxylation is 2. The van der Waals surface area contributed by atoms with Crippen molar-refractivity contribution in [2.75, 3.05) is 6.54 Å². The van der Waals surface area contributed by atoms with Gasteiger partial charge in [-0.2, -0.15) is 31.4 Å². The summed E-state index contributed by atoms with van der Waals surface area (Å²) in [5.41, 5.74) is 0.488. The Morgan fingerprint density at radius 2 is 1.97 bits per heavy atom. The zero-order valence-corrected chi connectivity index (χ0v) is 18.4. The van der Waals surface area contributed by atoms with E-state index in [1.54, 1.807) is 37.7 Å². The Morgan fingerprint density at radius 3 is 2.62 bits per heavy atom. The molecule has 2 heterocycles. The minimum absolute atomic E-state index is 0.179. The predicted molar refractivity (Wildman–Crippen MR) is 114 cm³/mol. The number of fused-ring (bicyclic) bond motifs is 1. The monoisotopic (exact) mass is 469 g/mol. The van der Waals surface area contributed by atoms with Crippen molar-refractivity contribution in [3.05, 3.63) is 53.4 Å². The first-order valence-corrected chi connectivity index (χ1v) is 11.1. The lowest BCUT2D eigenvalue weighted by Crippen LogP contribution is -2.39. The average molecular weight is 469 g/mol. The number of nitrogens with one attached hydrogen (secondary N) is 2. The number of nitrogens with zero attached hydrogens (tertiary/aromatic N) is 3. The van der Waals surface area contributed by atoms with Crippen molar-refractivity contribution in [2.24, 2.45) is 7.05 Å². The van der Waals surface area contributed by atoms with Crippen LogP contribution in [0.4, 0.5) is 13.2 Å². The van der Waals surface area contributed by atoms with Gasteiger partial charge < -0.3 is 4.57 Å². The smallest absolute Gasteiger partial charge is 0.301 e. The van der Waals surface area contributed by atoms with E-state index < -0.39 is 27.9 Å². The van der Waals surface area contributed by atoms with Gasteiger partial charge in [-0.3, -0.25) is 9.48 Å². The van der Waals surface area contributed by atoms with Crippen molar-refractivity contribution in [1.29, 1.82) is 0 Å². The lowest BCUT2D eigenvalue weighted by molar-refractivity contribution is -0.137. The molecular weight excluding hydrogens is 447 g/mol. The third kappa shape index (κ3) is 5.02. The number of benzene rings is 1. The molecule has 0 saturated carbocycles. The van der Waals surface area contributed by atoms with Crippen LogP contribution in [0.25, 0.3) is 22.8 Å². The van der Waals surface area contributed by atoms with Crippen molar-refractivity contribution in [3.8, 4) is 5.82 Å². The van der Waals surface area contributed by atoms with Crippen molar-refractivity contribution < 1.29 is 26.4 Å². The van der Waals surface area contributed by atoms with E-state index in [0.29, 0.717) is 34.4 Å². The van der Waals surface area contributed by atoms with Crippen LogP contribution < -0.4 is 9.44 Å². The number of rotatable bonds is 7. The van der Waals surface area contributed by atoms with Crippen LogP contribution in [0.2, 0.25) is 0 Å². The summed E-state index contributed by atoms with van der Waals surface area (Å²) in [5, 5.41) is 4.89. The molecule has 1 aromatic carbocycles. The highest BCUT2D eigenvalue weighted by atomic mass is 32.2. The summed E-state index contributed by atoms with van der Waals surface area (Å²) >= 11 is 0. The molecule has 12 heteroatoms. The van der Waals surface area contributed by atoms with Crippen LogP contribution in [0.1, 0.15) is 30.2 Å². The molecule has 2 aromatic heterocycles. The fraction of sp³-hybridized carbons (Fsp3) is 0.300. The van der Waals surface area contributed by atoms with Gasteiger partial charge >= 0.3 is 16.4 Å². The van der Waals surface area contributed by atoms with Gasteiger partial charge in [0.1, 0.15) is 5.82 Å². The lowest BCUT2D eigenvalue weighted by Gasteiger charge is -2.11. The molecule has 32 heavy (non-hydrogen) atoms. The van der Waals surface area contributed by atoms with Crippen LogP contribution in [0, 0.1) is 6.92 Å². The van der Waals surface area contributed by atoms with E-state index in [0.717, 1.165) is 18.2 Å². The number of amides is 1. The minimum atomic E-state index is -4.50. The quantitative estimate of drug-likeness (QED) is 0.520. The fourth-order valence-corrected chi connectivity index (χ4v) is 4.11. The third-order valence-electron chi connectivity index (χ3n) is 4.66. The zero-order chi connectivity index (χ0) is 23.7. The minimum Gasteiger partial charge on any atom is -0.301 e. The topological polar surface area (TPSA) is 98.0 Å². The second-order valence-corrected chi connectivity index (χ2v) is 8.60. The van der Waals surface area contributed by atoms with Crippen LogP contribution in [0.15, 0.2) is 36.5 Å². The van der Waals surface area contributed by atoms with Gasteiger partial charge in [0.2, 0.25) is 0 Å². The highest BCUT2D eigenvalue weighted by Crippen LogP contribution is 2.33. The van der Waals surface area contributed by atoms with Crippen molar-refractivity contribution >= 4 is 33.1 Å². The maximum Gasteiger partial charge on any atom is 0.416 e. The Labute approximate surface area is 182 Å². The summed E-state index contributed by atoms with van der Waals surface area (Å²) in [6, 6.07) is 5.11. The van der Waals surface area contributed by atoms with E-state index in [2.05, 4.69) is 9.82 Å². The van der Waals surface area contributed by atoms with Gasteiger partial charge in [0.15, 0.2) is 0 Å². The number of halogens is 3. The van der Waals surface area contributed by atoms with E-state index in [-0.39, 0.29) is 6.54 Å². The number of alkyl halides is 3. The Kier molecular flexibility index (Phi) is 6.46. The highest BCUT2D eigenvalue weighted by Gasteiger charge is 2.31. The first-order valence-electron chi connectivity index (χ1n) is 9.64. The Hall–Kier alpha value is -3.12. The van der Waals surface area contributed by atoms with Crippen LogP contribution in [-0.2, 0) is 28.2 Å². The van der Waals surface area contributed by atoms with E-state index in [1.165, 1.54) is 16.8 Å². The molecular formula is C20H22F3N5O3S. The number of hydrogen-bond acceptors (Lipinski definition) is 4. The Bertz CT molecular complexity index is 1290. The summed E-state index contributed by atoms with van der Waals surface area (Å²) in [5.74, 6) is -0.452. The first kappa shape index (κ1) is 23.5. The Balaban J connectivity index is 1.99. The maximum absolute atomic E-state index is 13.2. The fourth-order valence-electron chi connectivity index (χ4n) is 3.23. The lowest BCUT2D eigenvalue weighted by atomic mass is 10.1. The van der Waals surface area contributed by atoms with Crippen LogP contribution in [0.3, 0.4) is 0 Å². The molecule has 1 amide bonds. The summed E-state index contributed by atoms with van der Waals surface area (Å²) < 4.78 is 70.3. The van der Waals surface area contributed by atoms with Crippen molar-refractivity contribution in [3.63, 3.8) is 0 Å². The summed E-state index contributed by atoms with van der Waals surface area (Å²) in [4.78, 5) is 12.1. The van der Waals surface area contributed by atoms with E-state index in [9.17, 15) is 26.4 Å². The highest BCUT2D eigenvalue weighted by molar-refractivity contribution is 7.88. The molecule has 0 aliphatic carbocycles. The molecule has 3 aromatic rings. The standard InChI is InChI=1S/C20H22F3N5O3S/c1-4-10-24-32(30,31)26-18(29)8-7-16-13(2)25-27(3)19(16)28-11-9-14-5-6-15(12-17(14)28)20(21,22)23/h5-9,11-12,24H,4,10H2,1-3H3,(H,26,29). The molecule has 0 spiro atoms. The first-order chi connectivity index (χ1) is 14.9. The summed E-state index contributed by atoms with van der Waals surface area (Å²) in [6.07, 6.45) is 0.0823. The SMILES string of the molecule is CCCNS(=O)(=O)NC(=O)C=Cc1c(C)nn(C)c1-n1ccc2ccc(C(F)(F)F)cc21. The second-order valence-electron chi connectivity index (χ2n) is 7.10. The molecule has 0 saturated heterocycles. The molecule has 0 aliphatic heterocycles. The third-order valence-corrected chi connectivity index (χ3v) is 5.72. The van der Waals surface area contributed by atoms with Gasteiger partial charge in [-0.05, 0) is 37.6 Å². The largest absolute Gasteiger partial charge is 0.416 e. The van der Waals surface area contributed by atoms with Crippen molar-refractivity contribution in [2.45, 2.75) is 26.4 Å². The van der Waals surface area contributed by atoms with E-state index in [4.69, 9.17) is 0 Å². The van der Waals surface area contributed by atoms with Crippen LogP contribution >= 0.6 is 0 Å². The molecule has 3 rings (SSSR count). The number of hydrogen-bond donors (Lipinski definition) is 2. The molecule has 0 fully saturated rings.